The highest BCUT2D eigenvalue weighted by molar-refractivity contribution is 7.91. The Morgan fingerprint density at radius 2 is 1.09 bits per heavy atom. The van der Waals surface area contributed by atoms with Gasteiger partial charge in [-0.1, -0.05) is 45.0 Å². The first-order chi connectivity index (χ1) is 20.5. The minimum atomic E-state index is -4.84. The van der Waals surface area contributed by atoms with Crippen LogP contribution in [-0.4, -0.2) is 40.5 Å². The van der Waals surface area contributed by atoms with E-state index in [1.807, 2.05) is 20.8 Å². The summed E-state index contributed by atoms with van der Waals surface area (Å²) in [5.41, 5.74) is 1.40. The van der Waals surface area contributed by atoms with E-state index in [-0.39, 0.29) is 50.2 Å². The Bertz CT molecular complexity index is 1980. The molecule has 1 unspecified atom stereocenters. The molecule has 0 aliphatic heterocycles. The zero-order valence-electron chi connectivity index (χ0n) is 24.3. The highest BCUT2D eigenvalue weighted by atomic mass is 32.2. The first-order valence-corrected chi connectivity index (χ1v) is 17.9. The molecule has 0 aliphatic rings. The zero-order valence-corrected chi connectivity index (χ0v) is 26.8. The fourth-order valence-electron chi connectivity index (χ4n) is 4.24. The van der Waals surface area contributed by atoms with Crippen molar-refractivity contribution in [2.24, 2.45) is 0 Å². The van der Waals surface area contributed by atoms with Gasteiger partial charge >= 0.3 is 0 Å². The summed E-state index contributed by atoms with van der Waals surface area (Å²) in [6.07, 6.45) is 0.241. The van der Waals surface area contributed by atoms with Gasteiger partial charge in [-0.3, -0.25) is 9.11 Å². The van der Waals surface area contributed by atoms with Crippen LogP contribution >= 0.6 is 0 Å². The summed E-state index contributed by atoms with van der Waals surface area (Å²) >= 11 is 0. The summed E-state index contributed by atoms with van der Waals surface area (Å²) < 4.78 is 106. The van der Waals surface area contributed by atoms with E-state index in [1.54, 1.807) is 31.2 Å². The molecule has 0 bridgehead atoms. The molecule has 0 radical (unpaired) electrons. The van der Waals surface area contributed by atoms with Crippen molar-refractivity contribution in [1.29, 1.82) is 0 Å². The Labute approximate surface area is 257 Å². The summed E-state index contributed by atoms with van der Waals surface area (Å²) in [5, 5.41) is 0. The second kappa shape index (κ2) is 12.7. The van der Waals surface area contributed by atoms with Gasteiger partial charge in [-0.2, -0.15) is 16.8 Å². The van der Waals surface area contributed by atoms with Gasteiger partial charge in [-0.15, -0.1) is 0 Å². The molecule has 13 heteroatoms. The normalized spacial score (nSPS) is 13.1. The Hall–Kier alpha value is -3.75. The molecular weight excluding hydrogens is 629 g/mol. The first kappa shape index (κ1) is 33.1. The summed E-state index contributed by atoms with van der Waals surface area (Å²) in [5.74, 6) is 0.00654. The van der Waals surface area contributed by atoms with E-state index in [4.69, 9.17) is 9.47 Å². The first-order valence-electron chi connectivity index (χ1n) is 13.5. The van der Waals surface area contributed by atoms with E-state index in [2.05, 4.69) is 0 Å². The minimum Gasteiger partial charge on any atom is -0.489 e. The van der Waals surface area contributed by atoms with Crippen molar-refractivity contribution in [1.82, 2.24) is 0 Å². The van der Waals surface area contributed by atoms with Gasteiger partial charge in [0.25, 0.3) is 20.2 Å². The average Bonchev–Trinajstić information content (AvgIpc) is 2.96. The Morgan fingerprint density at radius 3 is 1.55 bits per heavy atom. The van der Waals surface area contributed by atoms with Crippen LogP contribution in [0.4, 0.5) is 0 Å². The predicted octanol–water partition coefficient (Wildman–Crippen LogP) is 6.77. The van der Waals surface area contributed by atoms with Gasteiger partial charge in [0.05, 0.1) is 15.9 Å². The second-order valence-electron chi connectivity index (χ2n) is 10.4. The number of rotatable bonds is 11. The fraction of sp³-hybridized carbons (Fsp3) is 0.226. The van der Waals surface area contributed by atoms with E-state index in [1.165, 1.54) is 48.5 Å². The van der Waals surface area contributed by atoms with Crippen LogP contribution in [0.2, 0.25) is 0 Å². The fourth-order valence-corrected chi connectivity index (χ4v) is 6.79. The minimum absolute atomic E-state index is 0.00268. The molecule has 0 heterocycles. The highest BCUT2D eigenvalue weighted by Crippen LogP contribution is 2.36. The van der Waals surface area contributed by atoms with Crippen LogP contribution in [0.3, 0.4) is 0 Å². The van der Waals surface area contributed by atoms with Crippen LogP contribution < -0.4 is 9.47 Å². The van der Waals surface area contributed by atoms with Gasteiger partial charge in [0.15, 0.2) is 0 Å². The van der Waals surface area contributed by atoms with Crippen LogP contribution in [0.15, 0.2) is 105 Å². The largest absolute Gasteiger partial charge is 0.489 e. The van der Waals surface area contributed by atoms with Gasteiger partial charge in [0, 0.05) is 0 Å². The van der Waals surface area contributed by atoms with Crippen LogP contribution in [-0.2, 0) is 30.1 Å². The van der Waals surface area contributed by atoms with E-state index in [0.29, 0.717) is 6.42 Å². The summed E-state index contributed by atoms with van der Waals surface area (Å²) in [7, 11) is -13.4. The van der Waals surface area contributed by atoms with Gasteiger partial charge < -0.3 is 9.47 Å². The predicted molar refractivity (Wildman–Crippen MR) is 164 cm³/mol. The molecular formula is C31H32O10S3. The smallest absolute Gasteiger partial charge is 0.298 e. The lowest BCUT2D eigenvalue weighted by atomic mass is 10.0. The maximum absolute atomic E-state index is 13.1. The molecule has 0 saturated carbocycles. The van der Waals surface area contributed by atoms with Crippen molar-refractivity contribution in [3.8, 4) is 28.4 Å². The van der Waals surface area contributed by atoms with Gasteiger partial charge in [0.2, 0.25) is 9.84 Å². The third kappa shape index (κ3) is 7.48. The second-order valence-corrected chi connectivity index (χ2v) is 15.1. The molecule has 1 atom stereocenters. The van der Waals surface area contributed by atoms with E-state index < -0.39 is 39.9 Å². The molecule has 4 rings (SSSR count). The quantitative estimate of drug-likeness (QED) is 0.164. The number of hydrogen-bond acceptors (Lipinski definition) is 8. The van der Waals surface area contributed by atoms with E-state index in [0.717, 1.165) is 17.7 Å². The lowest BCUT2D eigenvalue weighted by molar-refractivity contribution is 0.211. The van der Waals surface area contributed by atoms with Crippen molar-refractivity contribution in [3.63, 3.8) is 0 Å². The summed E-state index contributed by atoms with van der Waals surface area (Å²) in [6.45, 7) is 7.58. The molecule has 10 nitrogen and oxygen atoms in total. The molecule has 2 N–H and O–H groups in total. The number of benzene rings is 4. The maximum atomic E-state index is 13.1. The lowest BCUT2D eigenvalue weighted by Crippen LogP contribution is -2.12. The van der Waals surface area contributed by atoms with Crippen LogP contribution in [0.25, 0.3) is 11.1 Å². The van der Waals surface area contributed by atoms with Crippen molar-refractivity contribution in [2.75, 3.05) is 0 Å². The third-order valence-electron chi connectivity index (χ3n) is 6.90. The van der Waals surface area contributed by atoms with Gasteiger partial charge in [-0.25, -0.2) is 8.42 Å². The highest BCUT2D eigenvalue weighted by Gasteiger charge is 2.23. The molecule has 44 heavy (non-hydrogen) atoms. The van der Waals surface area contributed by atoms with Crippen LogP contribution in [0, 0.1) is 0 Å². The SMILES string of the molecule is CCC(C)Oc1ccc(-c2ccc(Oc3ccc(S(=O)(=O)c4ccc(C(C)C)cc4)cc3)c(S(=O)(=O)O)c2)cc1S(=O)(=O)O. The monoisotopic (exact) mass is 660 g/mol. The number of ether oxygens (including phenoxy) is 2. The number of hydrogen-bond donors (Lipinski definition) is 2. The molecule has 0 amide bonds. The third-order valence-corrected chi connectivity index (χ3v) is 10.4. The zero-order chi connectivity index (χ0) is 32.4. The molecule has 4 aromatic rings. The van der Waals surface area contributed by atoms with Crippen molar-refractivity contribution < 1.29 is 43.8 Å². The Balaban J connectivity index is 1.66. The molecule has 0 spiro atoms. The number of sulfone groups is 1. The topological polar surface area (TPSA) is 161 Å². The van der Waals surface area contributed by atoms with Crippen molar-refractivity contribution in [2.45, 2.75) is 65.7 Å². The van der Waals surface area contributed by atoms with Gasteiger partial charge in [-0.05, 0) is 96.6 Å². The molecule has 0 aromatic heterocycles. The molecule has 234 valence electrons. The van der Waals surface area contributed by atoms with Crippen molar-refractivity contribution >= 4 is 30.1 Å². The molecule has 4 aromatic carbocycles. The molecule has 0 fully saturated rings. The van der Waals surface area contributed by atoms with Crippen LogP contribution in [0.5, 0.6) is 17.2 Å². The maximum Gasteiger partial charge on any atom is 0.298 e. The average molecular weight is 661 g/mol. The Kier molecular flexibility index (Phi) is 9.57. The van der Waals surface area contributed by atoms with E-state index >= 15 is 0 Å². The van der Waals surface area contributed by atoms with Gasteiger partial charge in [0.1, 0.15) is 27.0 Å². The summed E-state index contributed by atoms with van der Waals surface area (Å²) in [4.78, 5) is -1.00. The lowest BCUT2D eigenvalue weighted by Gasteiger charge is -2.16. The molecule has 0 aliphatic carbocycles. The summed E-state index contributed by atoms with van der Waals surface area (Å²) in [6, 6.07) is 19.7. The van der Waals surface area contributed by atoms with Crippen molar-refractivity contribution in [3.05, 3.63) is 90.5 Å². The van der Waals surface area contributed by atoms with Crippen LogP contribution in [0.1, 0.15) is 45.6 Å². The van der Waals surface area contributed by atoms with E-state index in [9.17, 15) is 34.4 Å². The Morgan fingerprint density at radius 1 is 0.636 bits per heavy atom. The molecule has 0 saturated heterocycles. The standard InChI is InChI=1S/C31H32O10S3/c1-5-21(4)40-28-16-8-23(18-30(28)43(34,35)36)24-9-17-29(31(19-24)44(37,38)39)41-25-10-14-27(15-11-25)42(32,33)26-12-6-22(7-13-26)20(2)3/h6-21H,5H2,1-4H3,(H,34,35,36)(H,37,38,39).